The molecule has 0 bridgehead atoms. The normalized spacial score (nSPS) is 22.7. The number of nitrogens with one attached hydrogen (secondary N) is 1. The van der Waals surface area contributed by atoms with Gasteiger partial charge in [0, 0.05) is 31.6 Å². The second-order valence-corrected chi connectivity index (χ2v) is 5.15. The molecule has 4 heteroatoms. The van der Waals surface area contributed by atoms with Gasteiger partial charge in [-0.15, -0.1) is 0 Å². The fourth-order valence-corrected chi connectivity index (χ4v) is 2.65. The quantitative estimate of drug-likeness (QED) is 0.916. The largest absolute Gasteiger partial charge is 0.465 e. The van der Waals surface area contributed by atoms with Crippen LogP contribution < -0.4 is 5.32 Å². The molecule has 4 nitrogen and oxygen atoms in total. The van der Waals surface area contributed by atoms with Crippen molar-refractivity contribution in [1.82, 2.24) is 10.3 Å². The average molecular weight is 284 g/mol. The summed E-state index contributed by atoms with van der Waals surface area (Å²) in [5, 5.41) is 3.56. The first-order valence-corrected chi connectivity index (χ1v) is 7.38. The van der Waals surface area contributed by atoms with Crippen LogP contribution in [0.5, 0.6) is 0 Å². The van der Waals surface area contributed by atoms with Crippen molar-refractivity contribution in [1.29, 1.82) is 0 Å². The van der Waals surface area contributed by atoms with E-state index in [1.54, 1.807) is 6.26 Å². The topological polar surface area (TPSA) is 47.3 Å². The minimum Gasteiger partial charge on any atom is -0.465 e. The fraction of sp³-hybridized carbons (Fsp3) is 0.353. The van der Waals surface area contributed by atoms with E-state index in [2.05, 4.69) is 16.4 Å². The summed E-state index contributed by atoms with van der Waals surface area (Å²) >= 11 is 0. The molecule has 2 aromatic rings. The van der Waals surface area contributed by atoms with E-state index in [0.717, 1.165) is 31.8 Å². The first-order chi connectivity index (χ1) is 10.4. The van der Waals surface area contributed by atoms with Crippen LogP contribution in [0.25, 0.3) is 6.08 Å². The molecule has 1 aliphatic rings. The lowest BCUT2D eigenvalue weighted by atomic mass is 9.96. The van der Waals surface area contributed by atoms with E-state index in [1.165, 1.54) is 5.56 Å². The lowest BCUT2D eigenvalue weighted by Gasteiger charge is -2.32. The van der Waals surface area contributed by atoms with Crippen LogP contribution in [0.15, 0.2) is 53.4 Å². The molecular formula is C17H20N2O2. The molecule has 1 fully saturated rings. The number of hydrogen-bond acceptors (Lipinski definition) is 4. The van der Waals surface area contributed by atoms with E-state index in [0.29, 0.717) is 6.04 Å². The molecule has 1 N–H and O–H groups in total. The zero-order valence-corrected chi connectivity index (χ0v) is 11.9. The smallest absolute Gasteiger partial charge is 0.126 e. The van der Waals surface area contributed by atoms with Crippen LogP contribution in [-0.2, 0) is 4.74 Å². The van der Waals surface area contributed by atoms with Crippen LogP contribution in [0, 0.1) is 0 Å². The minimum atomic E-state index is 0.110. The Hall–Kier alpha value is -1.91. The number of pyridine rings is 1. The van der Waals surface area contributed by atoms with Crippen molar-refractivity contribution in [3.05, 3.63) is 60.3 Å². The molecule has 0 radical (unpaired) electrons. The van der Waals surface area contributed by atoms with Gasteiger partial charge in [-0.25, -0.2) is 0 Å². The molecule has 110 valence electrons. The summed E-state index contributed by atoms with van der Waals surface area (Å²) in [4.78, 5) is 4.07. The van der Waals surface area contributed by atoms with Gasteiger partial charge >= 0.3 is 0 Å². The summed E-state index contributed by atoms with van der Waals surface area (Å²) in [6, 6.07) is 8.23. The van der Waals surface area contributed by atoms with Gasteiger partial charge < -0.3 is 14.5 Å². The summed E-state index contributed by atoms with van der Waals surface area (Å²) in [5.41, 5.74) is 1.19. The second-order valence-electron chi connectivity index (χ2n) is 5.15. The van der Waals surface area contributed by atoms with Crippen LogP contribution in [0.2, 0.25) is 0 Å². The molecule has 0 saturated carbocycles. The summed E-state index contributed by atoms with van der Waals surface area (Å²) in [5.74, 6) is 0.877. The SMILES string of the molecule is C(=C\c1ccco1)/CN[C@H]1CCCO[C@@H]1c1ccncc1. The Morgan fingerprint density at radius 3 is 3.00 bits per heavy atom. The Labute approximate surface area is 124 Å². The highest BCUT2D eigenvalue weighted by atomic mass is 16.5. The number of aromatic nitrogens is 1. The third-order valence-corrected chi connectivity index (χ3v) is 3.68. The van der Waals surface area contributed by atoms with E-state index in [9.17, 15) is 0 Å². The number of rotatable bonds is 5. The molecule has 21 heavy (non-hydrogen) atoms. The van der Waals surface area contributed by atoms with Crippen molar-refractivity contribution in [3.63, 3.8) is 0 Å². The number of ether oxygens (including phenoxy) is 1. The van der Waals surface area contributed by atoms with Gasteiger partial charge in [-0.1, -0.05) is 6.08 Å². The predicted molar refractivity (Wildman–Crippen MR) is 81.7 cm³/mol. The molecule has 3 rings (SSSR count). The zero-order valence-electron chi connectivity index (χ0n) is 11.9. The van der Waals surface area contributed by atoms with E-state index >= 15 is 0 Å². The van der Waals surface area contributed by atoms with Gasteiger partial charge in [0.1, 0.15) is 5.76 Å². The molecule has 0 spiro atoms. The highest BCUT2D eigenvalue weighted by Gasteiger charge is 2.26. The molecular weight excluding hydrogens is 264 g/mol. The first kappa shape index (κ1) is 14.0. The third-order valence-electron chi connectivity index (χ3n) is 3.68. The molecule has 3 heterocycles. The monoisotopic (exact) mass is 284 g/mol. The van der Waals surface area contributed by atoms with Crippen molar-refractivity contribution in [2.45, 2.75) is 25.0 Å². The van der Waals surface area contributed by atoms with Gasteiger partial charge in [-0.05, 0) is 48.7 Å². The van der Waals surface area contributed by atoms with Crippen molar-refractivity contribution < 1.29 is 9.15 Å². The first-order valence-electron chi connectivity index (χ1n) is 7.38. The Kier molecular flexibility index (Phi) is 4.82. The van der Waals surface area contributed by atoms with Gasteiger partial charge in [0.15, 0.2) is 0 Å². The van der Waals surface area contributed by atoms with Crippen molar-refractivity contribution in [2.24, 2.45) is 0 Å². The Bertz CT molecular complexity index is 551. The molecule has 0 amide bonds. The molecule has 2 aromatic heterocycles. The van der Waals surface area contributed by atoms with E-state index in [1.807, 2.05) is 42.7 Å². The third kappa shape index (κ3) is 3.80. The molecule has 0 aliphatic carbocycles. The number of hydrogen-bond donors (Lipinski definition) is 1. The van der Waals surface area contributed by atoms with Crippen molar-refractivity contribution >= 4 is 6.08 Å². The Balaban J connectivity index is 1.57. The van der Waals surface area contributed by atoms with Gasteiger partial charge in [-0.3, -0.25) is 4.98 Å². The highest BCUT2D eigenvalue weighted by molar-refractivity contribution is 5.42. The minimum absolute atomic E-state index is 0.110. The molecule has 0 aromatic carbocycles. The van der Waals surface area contributed by atoms with Gasteiger partial charge in [0.25, 0.3) is 0 Å². The standard InChI is InChI=1S/C17H20N2O2/c1(4-15-5-2-12-20-15)9-19-16-6-3-13-21-17(16)14-7-10-18-11-8-14/h1-2,4-5,7-8,10-12,16-17,19H,3,6,9,13H2/b4-1+/t16-,17+/m0/s1. The maximum Gasteiger partial charge on any atom is 0.126 e. The van der Waals surface area contributed by atoms with Gasteiger partial charge in [0.2, 0.25) is 0 Å². The van der Waals surface area contributed by atoms with Gasteiger partial charge in [-0.2, -0.15) is 0 Å². The maximum absolute atomic E-state index is 5.95. The van der Waals surface area contributed by atoms with Crippen LogP contribution >= 0.6 is 0 Å². The Morgan fingerprint density at radius 2 is 2.19 bits per heavy atom. The van der Waals surface area contributed by atoms with Crippen molar-refractivity contribution in [2.75, 3.05) is 13.2 Å². The fourth-order valence-electron chi connectivity index (χ4n) is 2.65. The summed E-state index contributed by atoms with van der Waals surface area (Å²) in [6.07, 6.45) is 11.7. The lowest BCUT2D eigenvalue weighted by molar-refractivity contribution is -0.00970. The lowest BCUT2D eigenvalue weighted by Crippen LogP contribution is -2.39. The second kappa shape index (κ2) is 7.20. The molecule has 1 aliphatic heterocycles. The predicted octanol–water partition coefficient (Wildman–Crippen LogP) is 3.20. The average Bonchev–Trinajstić information content (AvgIpc) is 3.06. The van der Waals surface area contributed by atoms with E-state index in [-0.39, 0.29) is 6.10 Å². The number of nitrogens with zero attached hydrogens (tertiary/aromatic N) is 1. The number of furan rings is 1. The highest BCUT2D eigenvalue weighted by Crippen LogP contribution is 2.27. The van der Waals surface area contributed by atoms with Crippen LogP contribution in [0.3, 0.4) is 0 Å². The Morgan fingerprint density at radius 1 is 1.29 bits per heavy atom. The maximum atomic E-state index is 5.95. The zero-order chi connectivity index (χ0) is 14.3. The summed E-state index contributed by atoms with van der Waals surface area (Å²) < 4.78 is 11.2. The van der Waals surface area contributed by atoms with Crippen LogP contribution in [0.4, 0.5) is 0 Å². The van der Waals surface area contributed by atoms with Crippen LogP contribution in [0.1, 0.15) is 30.3 Å². The molecule has 0 unspecified atom stereocenters. The van der Waals surface area contributed by atoms with E-state index in [4.69, 9.17) is 9.15 Å². The molecule has 2 atom stereocenters. The van der Waals surface area contributed by atoms with E-state index < -0.39 is 0 Å². The van der Waals surface area contributed by atoms with Gasteiger partial charge in [0.05, 0.1) is 12.4 Å². The van der Waals surface area contributed by atoms with Crippen molar-refractivity contribution in [3.8, 4) is 0 Å². The summed E-state index contributed by atoms with van der Waals surface area (Å²) in [7, 11) is 0. The molecule has 1 saturated heterocycles. The summed E-state index contributed by atoms with van der Waals surface area (Å²) in [6.45, 7) is 1.63. The van der Waals surface area contributed by atoms with Crippen LogP contribution in [-0.4, -0.2) is 24.2 Å².